The summed E-state index contributed by atoms with van der Waals surface area (Å²) in [6.07, 6.45) is -0.451. The Morgan fingerprint density at radius 2 is 1.61 bits per heavy atom. The maximum absolute atomic E-state index is 14.5. The lowest BCUT2D eigenvalue weighted by Gasteiger charge is -2.36. The third kappa shape index (κ3) is 5.69. The zero-order valence-electron chi connectivity index (χ0n) is 16.1. The Hall–Kier alpha value is -3.11. The third-order valence-corrected chi connectivity index (χ3v) is 3.74. The van der Waals surface area contributed by atoms with E-state index >= 15 is 0 Å². The summed E-state index contributed by atoms with van der Waals surface area (Å²) >= 11 is 0. The molecule has 0 saturated carbocycles. The molecule has 0 aromatic heterocycles. The molecule has 28 heavy (non-hydrogen) atoms. The molecule has 1 aromatic carbocycles. The van der Waals surface area contributed by atoms with E-state index in [-0.39, 0.29) is 49.5 Å². The van der Waals surface area contributed by atoms with E-state index in [2.05, 4.69) is 9.98 Å². The van der Waals surface area contributed by atoms with E-state index < -0.39 is 23.3 Å². The molecule has 0 bridgehead atoms. The van der Waals surface area contributed by atoms with Gasteiger partial charge < -0.3 is 31.7 Å². The molecule has 0 unspecified atom stereocenters. The van der Waals surface area contributed by atoms with Crippen LogP contribution in [0, 0.1) is 11.6 Å². The van der Waals surface area contributed by atoms with E-state index in [4.69, 9.17) is 21.9 Å². The standard InChI is InChI=1S/C17H25F2N7O2/c1-17(2,3)28-16(27)26-6-4-25(5-7-26)13-11(18)8-10(9-12(13)19)23-15(22)24-14(20)21/h8-9H,4-7H2,1-3H3,(H6,20,21,22,23,24). The van der Waals surface area contributed by atoms with Gasteiger partial charge in [-0.25, -0.2) is 18.6 Å². The molecule has 1 fully saturated rings. The second-order valence-corrected chi connectivity index (χ2v) is 7.22. The van der Waals surface area contributed by atoms with E-state index in [1.807, 2.05) is 0 Å². The summed E-state index contributed by atoms with van der Waals surface area (Å²) in [6.45, 7) is 6.40. The summed E-state index contributed by atoms with van der Waals surface area (Å²) < 4.78 is 34.3. The minimum absolute atomic E-state index is 0.0614. The number of aliphatic imine (C=N–C) groups is 2. The first-order valence-electron chi connectivity index (χ1n) is 8.62. The SMILES string of the molecule is CC(C)(C)OC(=O)N1CCN(c2c(F)cc(N=C(N)N=C(N)N)cc2F)CC1. The van der Waals surface area contributed by atoms with Crippen LogP contribution in [0.1, 0.15) is 20.8 Å². The number of nitrogens with zero attached hydrogens (tertiary/aromatic N) is 4. The van der Waals surface area contributed by atoms with Crippen molar-refractivity contribution in [1.82, 2.24) is 4.90 Å². The van der Waals surface area contributed by atoms with Crippen molar-refractivity contribution in [1.29, 1.82) is 0 Å². The molecule has 154 valence electrons. The zero-order chi connectivity index (χ0) is 21.1. The highest BCUT2D eigenvalue weighted by atomic mass is 19.1. The van der Waals surface area contributed by atoms with E-state index in [9.17, 15) is 13.6 Å². The van der Waals surface area contributed by atoms with Gasteiger partial charge in [0.15, 0.2) is 17.6 Å². The van der Waals surface area contributed by atoms with Gasteiger partial charge in [-0.3, -0.25) is 0 Å². The van der Waals surface area contributed by atoms with Gasteiger partial charge in [-0.1, -0.05) is 0 Å². The second-order valence-electron chi connectivity index (χ2n) is 7.22. The molecular weight excluding hydrogens is 372 g/mol. The minimum atomic E-state index is -0.804. The summed E-state index contributed by atoms with van der Waals surface area (Å²) in [6, 6.07) is 2.07. The van der Waals surface area contributed by atoms with Gasteiger partial charge in [0.05, 0.1) is 5.69 Å². The lowest BCUT2D eigenvalue weighted by atomic mass is 10.2. The minimum Gasteiger partial charge on any atom is -0.444 e. The van der Waals surface area contributed by atoms with Crippen molar-refractivity contribution in [3.8, 4) is 0 Å². The topological polar surface area (TPSA) is 136 Å². The van der Waals surface area contributed by atoms with Gasteiger partial charge in [-0.2, -0.15) is 4.99 Å². The summed E-state index contributed by atoms with van der Waals surface area (Å²) in [5, 5.41) is 0. The number of halogens is 2. The summed E-state index contributed by atoms with van der Waals surface area (Å²) in [4.78, 5) is 22.4. The normalized spacial score (nSPS) is 15.4. The van der Waals surface area contributed by atoms with Crippen molar-refractivity contribution in [3.05, 3.63) is 23.8 Å². The highest BCUT2D eigenvalue weighted by Crippen LogP contribution is 2.29. The number of anilines is 1. The van der Waals surface area contributed by atoms with Crippen molar-refractivity contribution >= 4 is 29.4 Å². The maximum atomic E-state index is 14.5. The maximum Gasteiger partial charge on any atom is 0.410 e. The van der Waals surface area contributed by atoms with Gasteiger partial charge in [-0.15, -0.1) is 0 Å². The quantitative estimate of drug-likeness (QED) is 0.507. The van der Waals surface area contributed by atoms with Gasteiger partial charge in [0.25, 0.3) is 0 Å². The summed E-state index contributed by atoms with van der Waals surface area (Å²) in [5.41, 5.74) is 15.0. The lowest BCUT2D eigenvalue weighted by molar-refractivity contribution is 0.0240. The van der Waals surface area contributed by atoms with Crippen LogP contribution in [-0.4, -0.2) is 54.7 Å². The van der Waals surface area contributed by atoms with Crippen molar-refractivity contribution in [3.63, 3.8) is 0 Å². The highest BCUT2D eigenvalue weighted by molar-refractivity contribution is 5.93. The predicted octanol–water partition coefficient (Wildman–Crippen LogP) is 1.24. The van der Waals surface area contributed by atoms with Crippen molar-refractivity contribution < 1.29 is 18.3 Å². The first-order chi connectivity index (χ1) is 13.0. The fraction of sp³-hybridized carbons (Fsp3) is 0.471. The van der Waals surface area contributed by atoms with Crippen LogP contribution in [0.2, 0.25) is 0 Å². The van der Waals surface area contributed by atoms with Crippen LogP contribution >= 0.6 is 0 Å². The number of carbonyl (C=O) groups excluding carboxylic acids is 1. The number of hydrogen-bond donors (Lipinski definition) is 3. The molecule has 0 aliphatic carbocycles. The molecule has 6 N–H and O–H groups in total. The third-order valence-electron chi connectivity index (χ3n) is 3.74. The summed E-state index contributed by atoms with van der Waals surface area (Å²) in [7, 11) is 0. The van der Waals surface area contributed by atoms with E-state index in [1.165, 1.54) is 9.80 Å². The largest absolute Gasteiger partial charge is 0.444 e. The monoisotopic (exact) mass is 397 g/mol. The molecule has 0 atom stereocenters. The van der Waals surface area contributed by atoms with Crippen molar-refractivity contribution in [2.24, 2.45) is 27.2 Å². The molecule has 0 spiro atoms. The Morgan fingerprint density at radius 3 is 2.07 bits per heavy atom. The molecule has 2 rings (SSSR count). The molecule has 11 heteroatoms. The number of nitrogens with two attached hydrogens (primary N) is 3. The molecule has 1 amide bonds. The Morgan fingerprint density at radius 1 is 1.07 bits per heavy atom. The molecule has 1 aromatic rings. The van der Waals surface area contributed by atoms with Crippen LogP contribution < -0.4 is 22.1 Å². The van der Waals surface area contributed by atoms with Crippen LogP contribution in [0.25, 0.3) is 0 Å². The first-order valence-corrected chi connectivity index (χ1v) is 8.62. The van der Waals surface area contributed by atoms with Crippen LogP contribution in [0.3, 0.4) is 0 Å². The second kappa shape index (κ2) is 8.28. The fourth-order valence-corrected chi connectivity index (χ4v) is 2.65. The number of carbonyl (C=O) groups is 1. The number of amides is 1. The summed E-state index contributed by atoms with van der Waals surface area (Å²) in [5.74, 6) is -2.25. The van der Waals surface area contributed by atoms with Gasteiger partial charge >= 0.3 is 6.09 Å². The zero-order valence-corrected chi connectivity index (χ0v) is 16.1. The van der Waals surface area contributed by atoms with Crippen molar-refractivity contribution in [2.75, 3.05) is 31.1 Å². The Balaban J connectivity index is 2.11. The van der Waals surface area contributed by atoms with Crippen molar-refractivity contribution in [2.45, 2.75) is 26.4 Å². The Bertz CT molecular complexity index is 770. The average Bonchev–Trinajstić information content (AvgIpc) is 2.52. The average molecular weight is 397 g/mol. The van der Waals surface area contributed by atoms with Crippen LogP contribution in [0.15, 0.2) is 22.1 Å². The number of piperazine rings is 1. The molecular formula is C17H25F2N7O2. The van der Waals surface area contributed by atoms with Crippen LogP contribution in [0.5, 0.6) is 0 Å². The lowest BCUT2D eigenvalue weighted by Crippen LogP contribution is -2.50. The van der Waals surface area contributed by atoms with E-state index in [0.29, 0.717) is 0 Å². The van der Waals surface area contributed by atoms with E-state index in [0.717, 1.165) is 12.1 Å². The Kier molecular flexibility index (Phi) is 6.26. The van der Waals surface area contributed by atoms with Gasteiger partial charge in [0.1, 0.15) is 11.3 Å². The number of benzene rings is 1. The molecule has 1 aliphatic rings. The highest BCUT2D eigenvalue weighted by Gasteiger charge is 2.28. The number of hydrogen-bond acceptors (Lipinski definition) is 4. The molecule has 0 radical (unpaired) electrons. The van der Waals surface area contributed by atoms with Gasteiger partial charge in [0.2, 0.25) is 5.96 Å². The molecule has 9 nitrogen and oxygen atoms in total. The Labute approximate surface area is 161 Å². The number of guanidine groups is 2. The fourth-order valence-electron chi connectivity index (χ4n) is 2.65. The van der Waals surface area contributed by atoms with Gasteiger partial charge in [-0.05, 0) is 20.8 Å². The first kappa shape index (κ1) is 21.2. The smallest absolute Gasteiger partial charge is 0.410 e. The number of rotatable bonds is 2. The molecule has 1 heterocycles. The predicted molar refractivity (Wildman–Crippen MR) is 103 cm³/mol. The van der Waals surface area contributed by atoms with Crippen LogP contribution in [-0.2, 0) is 4.74 Å². The van der Waals surface area contributed by atoms with E-state index in [1.54, 1.807) is 20.8 Å². The van der Waals surface area contributed by atoms with Gasteiger partial charge in [0, 0.05) is 38.3 Å². The molecule has 1 aliphatic heterocycles. The van der Waals surface area contributed by atoms with Crippen LogP contribution in [0.4, 0.5) is 25.0 Å². The number of ether oxygens (including phenoxy) is 1. The molecule has 1 saturated heterocycles.